The molecule has 23 heavy (non-hydrogen) atoms. The third-order valence-electron chi connectivity index (χ3n) is 3.76. The van der Waals surface area contributed by atoms with Crippen molar-refractivity contribution >= 4 is 18.3 Å². The predicted octanol–water partition coefficient (Wildman–Crippen LogP) is 2.25. The molecule has 2 aromatic rings. The predicted molar refractivity (Wildman–Crippen MR) is 95.3 cm³/mol. The highest BCUT2D eigenvalue weighted by molar-refractivity contribution is 5.95. The third-order valence-corrected chi connectivity index (χ3v) is 3.76. The number of halogens is 1. The fourth-order valence-electron chi connectivity index (χ4n) is 2.31. The average molecular weight is 337 g/mol. The molecule has 126 valence electrons. The van der Waals surface area contributed by atoms with Crippen molar-refractivity contribution in [2.24, 2.45) is 0 Å². The first-order valence-corrected chi connectivity index (χ1v) is 7.69. The van der Waals surface area contributed by atoms with Gasteiger partial charge in [0.25, 0.3) is 5.91 Å². The van der Waals surface area contributed by atoms with Gasteiger partial charge in [0.1, 0.15) is 0 Å². The molecule has 1 unspecified atom stereocenters. The lowest BCUT2D eigenvalue weighted by atomic mass is 10.1. The Kier molecular flexibility index (Phi) is 7.78. The van der Waals surface area contributed by atoms with Gasteiger partial charge in [-0.1, -0.05) is 37.3 Å². The Hall–Kier alpha value is -1.85. The van der Waals surface area contributed by atoms with Crippen molar-refractivity contribution in [3.05, 3.63) is 53.3 Å². The molecule has 0 spiro atoms. The summed E-state index contributed by atoms with van der Waals surface area (Å²) in [6.45, 7) is 5.36. The van der Waals surface area contributed by atoms with E-state index < -0.39 is 0 Å². The summed E-state index contributed by atoms with van der Waals surface area (Å²) in [5.74, 6) is -0.0572. The quantitative estimate of drug-likeness (QED) is 0.815. The van der Waals surface area contributed by atoms with Gasteiger partial charge < -0.3 is 10.6 Å². The highest BCUT2D eigenvalue weighted by Gasteiger charge is 2.16. The topological polar surface area (TPSA) is 59.0 Å². The van der Waals surface area contributed by atoms with Gasteiger partial charge in [0.05, 0.1) is 24.0 Å². The smallest absolute Gasteiger partial charge is 0.254 e. The minimum absolute atomic E-state index is 0. The Balaban J connectivity index is 0.00000264. The molecule has 0 aliphatic carbocycles. The fourth-order valence-corrected chi connectivity index (χ4v) is 2.31. The van der Waals surface area contributed by atoms with Gasteiger partial charge in [-0.3, -0.25) is 9.48 Å². The molecule has 0 saturated heterocycles. The standard InChI is InChI=1S/C17H24N4O.ClH/c1-4-16-15(17(22)19-10-13(2)18-3)11-20-21(16)12-14-8-6-5-7-9-14;/h5-9,11,13,18H,4,10,12H2,1-3H3,(H,19,22);1H. The molecule has 2 N–H and O–H groups in total. The van der Waals surface area contributed by atoms with Crippen LogP contribution in [0.1, 0.15) is 35.5 Å². The van der Waals surface area contributed by atoms with Crippen molar-refractivity contribution in [2.75, 3.05) is 13.6 Å². The van der Waals surface area contributed by atoms with Crippen molar-refractivity contribution in [1.29, 1.82) is 0 Å². The van der Waals surface area contributed by atoms with E-state index in [2.05, 4.69) is 27.9 Å². The van der Waals surface area contributed by atoms with Crippen LogP contribution in [0.15, 0.2) is 36.5 Å². The zero-order valence-electron chi connectivity index (χ0n) is 13.9. The maximum Gasteiger partial charge on any atom is 0.254 e. The van der Waals surface area contributed by atoms with E-state index in [1.165, 1.54) is 5.56 Å². The van der Waals surface area contributed by atoms with Crippen LogP contribution in [0, 0.1) is 0 Å². The molecule has 6 heteroatoms. The van der Waals surface area contributed by atoms with Crippen LogP contribution in [0.5, 0.6) is 0 Å². The monoisotopic (exact) mass is 336 g/mol. The molecule has 0 radical (unpaired) electrons. The van der Waals surface area contributed by atoms with Gasteiger partial charge in [0, 0.05) is 12.6 Å². The minimum Gasteiger partial charge on any atom is -0.350 e. The highest BCUT2D eigenvalue weighted by atomic mass is 35.5. The summed E-state index contributed by atoms with van der Waals surface area (Å²) in [6.07, 6.45) is 2.44. The summed E-state index contributed by atoms with van der Waals surface area (Å²) in [7, 11) is 1.88. The molecule has 1 atom stereocenters. The number of nitrogens with zero attached hydrogens (tertiary/aromatic N) is 2. The molecule has 0 fully saturated rings. The molecule has 2 rings (SSSR count). The number of rotatable bonds is 7. The number of carbonyl (C=O) groups excluding carboxylic acids is 1. The van der Waals surface area contributed by atoms with Gasteiger partial charge in [-0.05, 0) is 26.0 Å². The Morgan fingerprint density at radius 1 is 1.30 bits per heavy atom. The van der Waals surface area contributed by atoms with Gasteiger partial charge >= 0.3 is 0 Å². The van der Waals surface area contributed by atoms with Crippen LogP contribution in [0.25, 0.3) is 0 Å². The first kappa shape index (κ1) is 19.2. The lowest BCUT2D eigenvalue weighted by molar-refractivity contribution is 0.0949. The van der Waals surface area contributed by atoms with Crippen LogP contribution in [0.4, 0.5) is 0 Å². The van der Waals surface area contributed by atoms with Crippen LogP contribution in [-0.2, 0) is 13.0 Å². The van der Waals surface area contributed by atoms with E-state index in [1.807, 2.05) is 43.8 Å². The molecular weight excluding hydrogens is 312 g/mol. The van der Waals surface area contributed by atoms with Crippen LogP contribution in [-0.4, -0.2) is 35.3 Å². The zero-order valence-corrected chi connectivity index (χ0v) is 14.7. The van der Waals surface area contributed by atoms with Crippen molar-refractivity contribution in [2.45, 2.75) is 32.9 Å². The molecule has 0 saturated carbocycles. The molecule has 1 aromatic carbocycles. The molecule has 0 aliphatic heterocycles. The second-order valence-electron chi connectivity index (χ2n) is 5.40. The number of carbonyl (C=O) groups is 1. The number of amides is 1. The van der Waals surface area contributed by atoms with E-state index in [9.17, 15) is 4.79 Å². The van der Waals surface area contributed by atoms with Crippen molar-refractivity contribution in [1.82, 2.24) is 20.4 Å². The first-order chi connectivity index (χ1) is 10.7. The number of hydrogen-bond acceptors (Lipinski definition) is 3. The SMILES string of the molecule is CCc1c(C(=O)NCC(C)NC)cnn1Cc1ccccc1.Cl. The number of aromatic nitrogens is 2. The Bertz CT molecular complexity index is 612. The Morgan fingerprint density at radius 3 is 2.61 bits per heavy atom. The highest BCUT2D eigenvalue weighted by Crippen LogP contribution is 2.12. The normalized spacial score (nSPS) is 11.6. The zero-order chi connectivity index (χ0) is 15.9. The maximum atomic E-state index is 12.3. The van der Waals surface area contributed by atoms with Crippen molar-refractivity contribution < 1.29 is 4.79 Å². The fraction of sp³-hybridized carbons (Fsp3) is 0.412. The van der Waals surface area contributed by atoms with Crippen molar-refractivity contribution in [3.8, 4) is 0 Å². The van der Waals surface area contributed by atoms with Gasteiger partial charge in [-0.15, -0.1) is 12.4 Å². The number of benzene rings is 1. The van der Waals surface area contributed by atoms with Gasteiger partial charge in [0.2, 0.25) is 0 Å². The van der Waals surface area contributed by atoms with E-state index in [1.54, 1.807) is 6.20 Å². The molecule has 5 nitrogen and oxygen atoms in total. The molecular formula is C17H25ClN4O. The summed E-state index contributed by atoms with van der Waals surface area (Å²) in [5, 5.41) is 10.4. The van der Waals surface area contributed by atoms with E-state index in [0.717, 1.165) is 12.1 Å². The maximum absolute atomic E-state index is 12.3. The second-order valence-corrected chi connectivity index (χ2v) is 5.40. The lowest BCUT2D eigenvalue weighted by Gasteiger charge is -2.12. The van der Waals surface area contributed by atoms with Crippen LogP contribution < -0.4 is 10.6 Å². The summed E-state index contributed by atoms with van der Waals surface area (Å²) < 4.78 is 1.91. The summed E-state index contributed by atoms with van der Waals surface area (Å²) in [5.41, 5.74) is 2.82. The average Bonchev–Trinajstić information content (AvgIpc) is 2.95. The molecule has 1 amide bonds. The molecule has 1 heterocycles. The molecule has 0 bridgehead atoms. The Morgan fingerprint density at radius 2 is 2.00 bits per heavy atom. The van der Waals surface area contributed by atoms with Crippen LogP contribution >= 0.6 is 12.4 Å². The van der Waals surface area contributed by atoms with Gasteiger partial charge in [-0.2, -0.15) is 5.10 Å². The van der Waals surface area contributed by atoms with Crippen molar-refractivity contribution in [3.63, 3.8) is 0 Å². The minimum atomic E-state index is -0.0572. The van der Waals surface area contributed by atoms with Gasteiger partial charge in [0.15, 0.2) is 0 Å². The number of hydrogen-bond donors (Lipinski definition) is 2. The largest absolute Gasteiger partial charge is 0.350 e. The summed E-state index contributed by atoms with van der Waals surface area (Å²) >= 11 is 0. The summed E-state index contributed by atoms with van der Waals surface area (Å²) in [6, 6.07) is 10.4. The first-order valence-electron chi connectivity index (χ1n) is 7.69. The summed E-state index contributed by atoms with van der Waals surface area (Å²) in [4.78, 5) is 12.3. The second kappa shape index (κ2) is 9.33. The lowest BCUT2D eigenvalue weighted by Crippen LogP contribution is -2.37. The molecule has 1 aromatic heterocycles. The van der Waals surface area contributed by atoms with Crippen LogP contribution in [0.3, 0.4) is 0 Å². The third kappa shape index (κ3) is 5.08. The number of nitrogens with one attached hydrogen (secondary N) is 2. The van der Waals surface area contributed by atoms with Crippen LogP contribution in [0.2, 0.25) is 0 Å². The van der Waals surface area contributed by atoms with Gasteiger partial charge in [-0.25, -0.2) is 0 Å². The van der Waals surface area contributed by atoms with E-state index in [4.69, 9.17) is 0 Å². The molecule has 0 aliphatic rings. The van der Waals surface area contributed by atoms with E-state index in [-0.39, 0.29) is 24.4 Å². The Labute approximate surface area is 143 Å². The van der Waals surface area contributed by atoms with E-state index >= 15 is 0 Å². The number of likely N-dealkylation sites (N-methyl/N-ethyl adjacent to an activating group) is 1. The van der Waals surface area contributed by atoms with E-state index in [0.29, 0.717) is 18.7 Å².